The highest BCUT2D eigenvalue weighted by molar-refractivity contribution is 7.17. The van der Waals surface area contributed by atoms with Crippen molar-refractivity contribution in [3.05, 3.63) is 53.0 Å². The number of aromatic nitrogens is 3. The third kappa shape index (κ3) is 2.58. The number of rotatable bonds is 3. The van der Waals surface area contributed by atoms with E-state index in [2.05, 4.69) is 15.0 Å². The minimum Gasteiger partial charge on any atom is -0.364 e. The van der Waals surface area contributed by atoms with E-state index in [1.165, 1.54) is 6.07 Å². The van der Waals surface area contributed by atoms with Crippen LogP contribution in [0.25, 0.3) is 22.0 Å². The zero-order chi connectivity index (χ0) is 15.7. The summed E-state index contributed by atoms with van der Waals surface area (Å²) in [6.07, 6.45) is 1.55. The highest BCUT2D eigenvalue weighted by Gasteiger charge is 2.15. The normalized spacial score (nSPS) is 10.6. The molecule has 5 nitrogen and oxygen atoms in total. The van der Waals surface area contributed by atoms with E-state index in [4.69, 9.17) is 5.73 Å². The summed E-state index contributed by atoms with van der Waals surface area (Å²) in [4.78, 5) is 24.5. The predicted molar refractivity (Wildman–Crippen MR) is 81.8 cm³/mol. The number of nitrogens with zero attached hydrogens (tertiary/aromatic N) is 3. The number of benzene rings is 1. The standard InChI is InChI=1S/C15H11FN4OS/c1-8-12(22-15(19-8)13(17)21)11-6-7-18-14(20-11)9-4-2-3-5-10(9)16/h2-7H,1H3,(H2,17,21). The van der Waals surface area contributed by atoms with Crippen LogP contribution < -0.4 is 5.73 Å². The summed E-state index contributed by atoms with van der Waals surface area (Å²) in [5, 5.41) is 0.221. The topological polar surface area (TPSA) is 81.8 Å². The van der Waals surface area contributed by atoms with E-state index >= 15 is 0 Å². The molecule has 2 N–H and O–H groups in total. The molecule has 0 atom stereocenters. The Hall–Kier alpha value is -2.67. The Bertz CT molecular complexity index is 862. The van der Waals surface area contributed by atoms with Gasteiger partial charge in [0.1, 0.15) is 5.82 Å². The summed E-state index contributed by atoms with van der Waals surface area (Å²) in [6, 6.07) is 7.99. The molecule has 2 heterocycles. The van der Waals surface area contributed by atoms with Gasteiger partial charge in [-0.2, -0.15) is 0 Å². The SMILES string of the molecule is Cc1nc(C(N)=O)sc1-c1ccnc(-c2ccccc2F)n1. The van der Waals surface area contributed by atoms with Gasteiger partial charge in [-0.1, -0.05) is 12.1 Å². The van der Waals surface area contributed by atoms with Gasteiger partial charge in [0.25, 0.3) is 5.91 Å². The fraction of sp³-hybridized carbons (Fsp3) is 0.0667. The molecule has 0 bridgehead atoms. The van der Waals surface area contributed by atoms with Crippen molar-refractivity contribution in [3.63, 3.8) is 0 Å². The van der Waals surface area contributed by atoms with Crippen molar-refractivity contribution in [1.29, 1.82) is 0 Å². The van der Waals surface area contributed by atoms with Gasteiger partial charge in [0, 0.05) is 6.20 Å². The summed E-state index contributed by atoms with van der Waals surface area (Å²) in [6.45, 7) is 1.77. The molecule has 0 saturated heterocycles. The number of primary amides is 1. The number of thiazole rings is 1. The molecule has 0 aliphatic heterocycles. The van der Waals surface area contributed by atoms with Crippen LogP contribution in [0.3, 0.4) is 0 Å². The Morgan fingerprint density at radius 1 is 1.23 bits per heavy atom. The molecule has 22 heavy (non-hydrogen) atoms. The third-order valence-corrected chi connectivity index (χ3v) is 4.20. The average molecular weight is 314 g/mol. The summed E-state index contributed by atoms with van der Waals surface area (Å²) in [5.41, 5.74) is 6.79. The molecule has 1 amide bonds. The monoisotopic (exact) mass is 314 g/mol. The van der Waals surface area contributed by atoms with Crippen LogP contribution in [0.15, 0.2) is 36.5 Å². The number of aryl methyl sites for hydroxylation is 1. The highest BCUT2D eigenvalue weighted by atomic mass is 32.1. The number of amides is 1. The van der Waals surface area contributed by atoms with E-state index in [1.807, 2.05) is 0 Å². The number of carbonyl (C=O) groups excluding carboxylic acids is 1. The van der Waals surface area contributed by atoms with Crippen molar-refractivity contribution in [2.45, 2.75) is 6.92 Å². The predicted octanol–water partition coefficient (Wildman–Crippen LogP) is 2.81. The molecule has 0 aliphatic carbocycles. The van der Waals surface area contributed by atoms with Crippen molar-refractivity contribution in [2.75, 3.05) is 0 Å². The maximum Gasteiger partial charge on any atom is 0.277 e. The van der Waals surface area contributed by atoms with Crippen molar-refractivity contribution in [1.82, 2.24) is 15.0 Å². The minimum atomic E-state index is -0.581. The van der Waals surface area contributed by atoms with Crippen molar-refractivity contribution >= 4 is 17.2 Å². The van der Waals surface area contributed by atoms with Crippen molar-refractivity contribution in [2.24, 2.45) is 5.73 Å². The second-order valence-corrected chi connectivity index (χ2v) is 5.54. The Balaban J connectivity index is 2.09. The van der Waals surface area contributed by atoms with Gasteiger partial charge in [0.15, 0.2) is 10.8 Å². The van der Waals surface area contributed by atoms with Crippen molar-refractivity contribution in [3.8, 4) is 22.0 Å². The second kappa shape index (κ2) is 5.61. The van der Waals surface area contributed by atoms with Crippen LogP contribution in [0.2, 0.25) is 0 Å². The number of hydrogen-bond donors (Lipinski definition) is 1. The quantitative estimate of drug-likeness (QED) is 0.806. The molecule has 3 aromatic rings. The van der Waals surface area contributed by atoms with E-state index in [1.54, 1.807) is 37.4 Å². The number of carbonyl (C=O) groups is 1. The maximum atomic E-state index is 13.8. The lowest BCUT2D eigenvalue weighted by atomic mass is 10.2. The Morgan fingerprint density at radius 3 is 2.68 bits per heavy atom. The average Bonchev–Trinajstić information content (AvgIpc) is 2.90. The largest absolute Gasteiger partial charge is 0.364 e. The third-order valence-electron chi connectivity index (χ3n) is 3.01. The molecule has 1 aromatic carbocycles. The fourth-order valence-electron chi connectivity index (χ4n) is 2.00. The first kappa shape index (κ1) is 14.3. The molecule has 0 saturated carbocycles. The molecular weight excluding hydrogens is 303 g/mol. The molecule has 0 aliphatic rings. The van der Waals surface area contributed by atoms with E-state index < -0.39 is 11.7 Å². The van der Waals surface area contributed by atoms with Gasteiger partial charge in [0.2, 0.25) is 0 Å². The van der Waals surface area contributed by atoms with E-state index in [9.17, 15) is 9.18 Å². The van der Waals surface area contributed by atoms with Gasteiger partial charge in [0.05, 0.1) is 21.8 Å². The fourth-order valence-corrected chi connectivity index (χ4v) is 2.89. The first-order valence-electron chi connectivity index (χ1n) is 6.42. The summed E-state index contributed by atoms with van der Waals surface area (Å²) >= 11 is 1.16. The second-order valence-electron chi connectivity index (χ2n) is 4.54. The molecule has 2 aromatic heterocycles. The molecular formula is C15H11FN4OS. The summed E-state index contributed by atoms with van der Waals surface area (Å²) < 4.78 is 13.8. The van der Waals surface area contributed by atoms with Crippen LogP contribution >= 0.6 is 11.3 Å². The molecule has 0 radical (unpaired) electrons. The van der Waals surface area contributed by atoms with Crippen LogP contribution in [0.4, 0.5) is 4.39 Å². The molecule has 3 rings (SSSR count). The molecule has 110 valence electrons. The van der Waals surface area contributed by atoms with Crippen LogP contribution in [0, 0.1) is 12.7 Å². The van der Waals surface area contributed by atoms with Crippen LogP contribution in [-0.2, 0) is 0 Å². The van der Waals surface area contributed by atoms with E-state index in [0.717, 1.165) is 11.3 Å². The van der Waals surface area contributed by atoms with Gasteiger partial charge in [-0.3, -0.25) is 4.79 Å². The smallest absolute Gasteiger partial charge is 0.277 e. The lowest BCUT2D eigenvalue weighted by molar-refractivity contribution is 0.1000. The minimum absolute atomic E-state index is 0.221. The van der Waals surface area contributed by atoms with Crippen LogP contribution in [-0.4, -0.2) is 20.9 Å². The van der Waals surface area contributed by atoms with Gasteiger partial charge in [-0.25, -0.2) is 19.3 Å². The number of nitrogens with two attached hydrogens (primary N) is 1. The number of hydrogen-bond acceptors (Lipinski definition) is 5. The van der Waals surface area contributed by atoms with Crippen LogP contribution in [0.5, 0.6) is 0 Å². The summed E-state index contributed by atoms with van der Waals surface area (Å²) in [5.74, 6) is -0.690. The lowest BCUT2D eigenvalue weighted by Gasteiger charge is -2.03. The highest BCUT2D eigenvalue weighted by Crippen LogP contribution is 2.29. The zero-order valence-corrected chi connectivity index (χ0v) is 12.4. The summed E-state index contributed by atoms with van der Waals surface area (Å²) in [7, 11) is 0. The van der Waals surface area contributed by atoms with Crippen LogP contribution in [0.1, 0.15) is 15.5 Å². The Kier molecular flexibility index (Phi) is 3.64. The van der Waals surface area contributed by atoms with Gasteiger partial charge in [-0.05, 0) is 25.1 Å². The molecule has 0 fully saturated rings. The van der Waals surface area contributed by atoms with E-state index in [-0.39, 0.29) is 10.8 Å². The first-order valence-corrected chi connectivity index (χ1v) is 7.23. The Morgan fingerprint density at radius 2 is 2.00 bits per heavy atom. The van der Waals surface area contributed by atoms with Gasteiger partial charge >= 0.3 is 0 Å². The van der Waals surface area contributed by atoms with Gasteiger partial charge < -0.3 is 5.73 Å². The first-order chi connectivity index (χ1) is 10.6. The van der Waals surface area contributed by atoms with E-state index in [0.29, 0.717) is 21.8 Å². The molecule has 0 unspecified atom stereocenters. The number of halogens is 1. The molecule has 7 heteroatoms. The Labute approximate surface area is 129 Å². The lowest BCUT2D eigenvalue weighted by Crippen LogP contribution is -2.10. The molecule has 0 spiro atoms. The zero-order valence-electron chi connectivity index (χ0n) is 11.6. The maximum absolute atomic E-state index is 13.8. The van der Waals surface area contributed by atoms with Crippen molar-refractivity contribution < 1.29 is 9.18 Å². The van der Waals surface area contributed by atoms with Gasteiger partial charge in [-0.15, -0.1) is 11.3 Å².